The van der Waals surface area contributed by atoms with Crippen molar-refractivity contribution in [2.75, 3.05) is 0 Å². The summed E-state index contributed by atoms with van der Waals surface area (Å²) in [6, 6.07) is 0. The highest BCUT2D eigenvalue weighted by Crippen LogP contribution is 2.58. The van der Waals surface area contributed by atoms with Crippen LogP contribution < -0.4 is 0 Å². The summed E-state index contributed by atoms with van der Waals surface area (Å²) >= 11 is 0. The minimum Gasteiger partial charge on any atom is -0.253 e. The maximum Gasteiger partial charge on any atom is 0.419 e. The van der Waals surface area contributed by atoms with Gasteiger partial charge in [-0.2, -0.15) is 21.6 Å². The molecule has 2 aliphatic carbocycles. The normalized spacial score (nSPS) is 36.7. The first kappa shape index (κ1) is 19.0. The molecule has 0 aromatic carbocycles. The van der Waals surface area contributed by atoms with Crippen molar-refractivity contribution in [3.05, 3.63) is 0 Å². The standard InChI is InChI=1S/C16H27F3O3S/c1-4-11(3)23(20,21)22-15(16(17,18)19)13(5-2)9-12-7-6-8-14(15)10-12/h11-14H,4-10H2,1-3H3. The van der Waals surface area contributed by atoms with Gasteiger partial charge in [-0.25, -0.2) is 0 Å². The molecule has 2 saturated carbocycles. The van der Waals surface area contributed by atoms with Gasteiger partial charge in [0.05, 0.1) is 5.25 Å². The van der Waals surface area contributed by atoms with Gasteiger partial charge in [0.15, 0.2) is 5.60 Å². The SMILES string of the molecule is CCC1CC2CCCC(C2)C1(OS(=O)(=O)C(C)CC)C(F)(F)F. The monoisotopic (exact) mass is 356 g/mol. The van der Waals surface area contributed by atoms with Crippen molar-refractivity contribution in [1.29, 1.82) is 0 Å². The summed E-state index contributed by atoms with van der Waals surface area (Å²) in [5.74, 6) is -1.27. The second kappa shape index (κ2) is 6.54. The summed E-state index contributed by atoms with van der Waals surface area (Å²) in [4.78, 5) is 0. The molecule has 2 fully saturated rings. The molecule has 23 heavy (non-hydrogen) atoms. The Hall–Kier alpha value is -0.300. The lowest BCUT2D eigenvalue weighted by Gasteiger charge is -2.53. The van der Waals surface area contributed by atoms with Crippen molar-refractivity contribution in [2.45, 2.75) is 82.7 Å². The molecule has 2 rings (SSSR count). The molecule has 0 radical (unpaired) electrons. The highest BCUT2D eigenvalue weighted by molar-refractivity contribution is 7.87. The van der Waals surface area contributed by atoms with Crippen LogP contribution in [0.25, 0.3) is 0 Å². The van der Waals surface area contributed by atoms with Crippen LogP contribution in [-0.2, 0) is 14.3 Å². The highest BCUT2D eigenvalue weighted by atomic mass is 32.2. The summed E-state index contributed by atoms with van der Waals surface area (Å²) < 4.78 is 72.3. The second-order valence-electron chi connectivity index (χ2n) is 7.16. The number of hydrogen-bond acceptors (Lipinski definition) is 3. The Morgan fingerprint density at radius 2 is 1.87 bits per heavy atom. The predicted octanol–water partition coefficient (Wildman–Crippen LogP) is 4.67. The lowest BCUT2D eigenvalue weighted by atomic mass is 9.58. The largest absolute Gasteiger partial charge is 0.419 e. The third-order valence-corrected chi connectivity index (χ3v) is 7.70. The van der Waals surface area contributed by atoms with E-state index < -0.39 is 39.0 Å². The molecule has 0 saturated heterocycles. The van der Waals surface area contributed by atoms with Gasteiger partial charge in [-0.1, -0.05) is 33.1 Å². The van der Waals surface area contributed by atoms with E-state index in [1.54, 1.807) is 13.8 Å². The Morgan fingerprint density at radius 1 is 1.22 bits per heavy atom. The van der Waals surface area contributed by atoms with Crippen LogP contribution in [0.4, 0.5) is 13.2 Å². The van der Waals surface area contributed by atoms with Crippen molar-refractivity contribution in [2.24, 2.45) is 17.8 Å². The molecule has 0 spiro atoms. The van der Waals surface area contributed by atoms with E-state index >= 15 is 0 Å². The van der Waals surface area contributed by atoms with Crippen molar-refractivity contribution in [3.8, 4) is 0 Å². The van der Waals surface area contributed by atoms with Gasteiger partial charge >= 0.3 is 6.18 Å². The van der Waals surface area contributed by atoms with Crippen LogP contribution in [0.15, 0.2) is 0 Å². The van der Waals surface area contributed by atoms with Crippen LogP contribution in [0.1, 0.15) is 65.7 Å². The summed E-state index contributed by atoms with van der Waals surface area (Å²) in [5, 5.41) is -0.930. The van der Waals surface area contributed by atoms with Gasteiger partial charge in [0, 0.05) is 0 Å². The lowest BCUT2D eigenvalue weighted by molar-refractivity contribution is -0.302. The highest BCUT2D eigenvalue weighted by Gasteiger charge is 2.68. The smallest absolute Gasteiger partial charge is 0.253 e. The Kier molecular flexibility index (Phi) is 5.41. The first-order valence-electron chi connectivity index (χ1n) is 8.59. The van der Waals surface area contributed by atoms with E-state index in [0.717, 1.165) is 12.8 Å². The number of fused-ring (bicyclic) bond motifs is 2. The second-order valence-corrected chi connectivity index (χ2v) is 9.11. The molecule has 7 heteroatoms. The average molecular weight is 356 g/mol. The Balaban J connectivity index is 2.49. The van der Waals surface area contributed by atoms with Gasteiger partial charge in [-0.15, -0.1) is 0 Å². The zero-order valence-corrected chi connectivity index (χ0v) is 14.8. The fourth-order valence-corrected chi connectivity index (χ4v) is 5.72. The van der Waals surface area contributed by atoms with E-state index in [2.05, 4.69) is 0 Å². The number of halogens is 3. The molecule has 2 bridgehead atoms. The lowest BCUT2D eigenvalue weighted by Crippen LogP contribution is -2.63. The predicted molar refractivity (Wildman–Crippen MR) is 82.4 cm³/mol. The van der Waals surface area contributed by atoms with E-state index in [-0.39, 0.29) is 18.8 Å². The Labute approximate surface area is 137 Å². The Bertz CT molecular complexity index is 513. The van der Waals surface area contributed by atoms with E-state index in [1.807, 2.05) is 0 Å². The topological polar surface area (TPSA) is 43.4 Å². The summed E-state index contributed by atoms with van der Waals surface area (Å²) in [5.41, 5.74) is -2.54. The van der Waals surface area contributed by atoms with Gasteiger partial charge in [0.1, 0.15) is 0 Å². The van der Waals surface area contributed by atoms with Gasteiger partial charge in [0.25, 0.3) is 10.1 Å². The van der Waals surface area contributed by atoms with Crippen LogP contribution in [0, 0.1) is 17.8 Å². The zero-order chi connectivity index (χ0) is 17.5. The van der Waals surface area contributed by atoms with E-state index in [9.17, 15) is 21.6 Å². The summed E-state index contributed by atoms with van der Waals surface area (Å²) in [7, 11) is -4.25. The molecule has 5 atom stereocenters. The van der Waals surface area contributed by atoms with Crippen LogP contribution >= 0.6 is 0 Å². The molecule has 0 N–H and O–H groups in total. The fraction of sp³-hybridized carbons (Fsp3) is 1.00. The molecular formula is C16H27F3O3S. The van der Waals surface area contributed by atoms with Crippen molar-refractivity contribution in [3.63, 3.8) is 0 Å². The number of alkyl halides is 3. The summed E-state index contributed by atoms with van der Waals surface area (Å²) in [6.45, 7) is 4.75. The van der Waals surface area contributed by atoms with Gasteiger partial charge in [0.2, 0.25) is 0 Å². The third kappa shape index (κ3) is 3.28. The van der Waals surface area contributed by atoms with Crippen molar-refractivity contribution < 1.29 is 25.8 Å². The molecule has 136 valence electrons. The third-order valence-electron chi connectivity index (χ3n) is 5.87. The van der Waals surface area contributed by atoms with E-state index in [1.165, 1.54) is 6.92 Å². The first-order chi connectivity index (χ1) is 10.6. The molecule has 0 aromatic rings. The molecular weight excluding hydrogens is 329 g/mol. The molecule has 0 aliphatic heterocycles. The molecule has 0 heterocycles. The van der Waals surface area contributed by atoms with Crippen molar-refractivity contribution >= 4 is 10.1 Å². The molecule has 0 aromatic heterocycles. The van der Waals surface area contributed by atoms with Gasteiger partial charge < -0.3 is 0 Å². The van der Waals surface area contributed by atoms with E-state index in [0.29, 0.717) is 19.3 Å². The molecule has 5 unspecified atom stereocenters. The summed E-state index contributed by atoms with van der Waals surface area (Å²) in [6.07, 6.45) is -1.28. The number of hydrogen-bond donors (Lipinski definition) is 0. The minimum atomic E-state index is -4.68. The molecule has 2 aliphatic rings. The van der Waals surface area contributed by atoms with Crippen LogP contribution in [0.2, 0.25) is 0 Å². The quantitative estimate of drug-likeness (QED) is 0.673. The van der Waals surface area contributed by atoms with Crippen molar-refractivity contribution in [1.82, 2.24) is 0 Å². The molecule has 0 amide bonds. The van der Waals surface area contributed by atoms with Crippen LogP contribution in [-0.4, -0.2) is 25.4 Å². The Morgan fingerprint density at radius 3 is 2.39 bits per heavy atom. The van der Waals surface area contributed by atoms with E-state index in [4.69, 9.17) is 4.18 Å². The minimum absolute atomic E-state index is 0.236. The maximum atomic E-state index is 14.1. The maximum absolute atomic E-state index is 14.1. The number of rotatable bonds is 5. The van der Waals surface area contributed by atoms with Gasteiger partial charge in [-0.05, 0) is 50.4 Å². The van der Waals surface area contributed by atoms with Gasteiger partial charge in [-0.3, -0.25) is 4.18 Å². The van der Waals surface area contributed by atoms with Crippen LogP contribution in [0.3, 0.4) is 0 Å². The fourth-order valence-electron chi connectivity index (χ4n) is 4.40. The first-order valence-corrected chi connectivity index (χ1v) is 10.1. The molecule has 3 nitrogen and oxygen atoms in total. The zero-order valence-electron chi connectivity index (χ0n) is 14.0. The van der Waals surface area contributed by atoms with Crippen LogP contribution in [0.5, 0.6) is 0 Å². The average Bonchev–Trinajstić information content (AvgIpc) is 2.47.